The molecule has 3 nitrogen and oxygen atoms in total. The van der Waals surface area contributed by atoms with Gasteiger partial charge in [0.25, 0.3) is 0 Å². The molecule has 1 unspecified atom stereocenters. The van der Waals surface area contributed by atoms with Gasteiger partial charge in [-0.2, -0.15) is 0 Å². The Kier molecular flexibility index (Phi) is 3.29. The van der Waals surface area contributed by atoms with E-state index in [1.165, 1.54) is 0 Å². The van der Waals surface area contributed by atoms with Crippen LogP contribution in [0.5, 0.6) is 0 Å². The zero-order valence-corrected chi connectivity index (χ0v) is 10.5. The van der Waals surface area contributed by atoms with Gasteiger partial charge in [0, 0.05) is 23.0 Å². The molecule has 1 heterocycles. The van der Waals surface area contributed by atoms with E-state index >= 15 is 0 Å². The Morgan fingerprint density at radius 3 is 2.53 bits per heavy atom. The number of hydrogen-bond acceptors (Lipinski definition) is 2. The molecule has 2 rings (SSSR count). The van der Waals surface area contributed by atoms with Crippen LogP contribution < -0.4 is 0 Å². The largest absolute Gasteiger partial charge is 0.325 e. The number of carbonyl (C=O) groups is 1. The first-order chi connectivity index (χ1) is 8.09. The van der Waals surface area contributed by atoms with E-state index in [-0.39, 0.29) is 11.8 Å². The number of rotatable bonds is 3. The number of halogens is 1. The minimum atomic E-state index is -0.251. The first kappa shape index (κ1) is 11.9. The number of ketones is 1. The monoisotopic (exact) mass is 248 g/mol. The van der Waals surface area contributed by atoms with Gasteiger partial charge in [0.05, 0.1) is 6.04 Å². The van der Waals surface area contributed by atoms with Crippen LogP contribution in [-0.4, -0.2) is 15.3 Å². The fraction of sp³-hybridized carbons (Fsp3) is 0.231. The predicted octanol–water partition coefficient (Wildman–Crippen LogP) is 3.29. The molecular formula is C13H13ClN2O. The predicted molar refractivity (Wildman–Crippen MR) is 67.5 cm³/mol. The summed E-state index contributed by atoms with van der Waals surface area (Å²) in [4.78, 5) is 16.3. The first-order valence-electron chi connectivity index (χ1n) is 5.39. The number of hydrogen-bond donors (Lipinski definition) is 0. The Morgan fingerprint density at radius 2 is 2.00 bits per heavy atom. The summed E-state index contributed by atoms with van der Waals surface area (Å²) in [5.41, 5.74) is 0.662. The second-order valence-electron chi connectivity index (χ2n) is 3.93. The molecule has 17 heavy (non-hydrogen) atoms. The van der Waals surface area contributed by atoms with Crippen LogP contribution >= 0.6 is 11.6 Å². The summed E-state index contributed by atoms with van der Waals surface area (Å²) in [7, 11) is 0. The lowest BCUT2D eigenvalue weighted by atomic mass is 10.1. The molecule has 4 heteroatoms. The zero-order chi connectivity index (χ0) is 12.4. The van der Waals surface area contributed by atoms with E-state index in [1.54, 1.807) is 30.5 Å². The number of imidazole rings is 1. The Morgan fingerprint density at radius 1 is 1.35 bits per heavy atom. The highest BCUT2D eigenvalue weighted by Gasteiger charge is 2.17. The van der Waals surface area contributed by atoms with Gasteiger partial charge >= 0.3 is 0 Å². The molecule has 0 bridgehead atoms. The maximum atomic E-state index is 12.2. The number of nitrogens with zero attached hydrogens (tertiary/aromatic N) is 2. The van der Waals surface area contributed by atoms with Crippen LogP contribution in [0.3, 0.4) is 0 Å². The lowest BCUT2D eigenvalue weighted by molar-refractivity contribution is 0.0933. The van der Waals surface area contributed by atoms with Gasteiger partial charge in [0.15, 0.2) is 5.78 Å². The number of Topliss-reactive ketones (excluding diaryl/α,β-unsaturated/α-hetero) is 1. The third kappa shape index (κ3) is 2.39. The highest BCUT2D eigenvalue weighted by Crippen LogP contribution is 2.17. The van der Waals surface area contributed by atoms with E-state index in [0.29, 0.717) is 10.6 Å². The molecule has 0 fully saturated rings. The topological polar surface area (TPSA) is 34.9 Å². The second-order valence-corrected chi connectivity index (χ2v) is 4.37. The Labute approximate surface area is 105 Å². The quantitative estimate of drug-likeness (QED) is 0.782. The number of aryl methyl sites for hydroxylation is 1. The highest BCUT2D eigenvalue weighted by atomic mass is 35.5. The minimum absolute atomic E-state index is 0.0581. The maximum absolute atomic E-state index is 12.2. The van der Waals surface area contributed by atoms with E-state index in [9.17, 15) is 4.79 Å². The van der Waals surface area contributed by atoms with Crippen molar-refractivity contribution in [2.45, 2.75) is 19.9 Å². The van der Waals surface area contributed by atoms with Crippen molar-refractivity contribution in [3.63, 3.8) is 0 Å². The van der Waals surface area contributed by atoms with Crippen molar-refractivity contribution < 1.29 is 4.79 Å². The summed E-state index contributed by atoms with van der Waals surface area (Å²) in [6.45, 7) is 3.75. The van der Waals surface area contributed by atoms with Crippen LogP contribution in [0.25, 0.3) is 0 Å². The van der Waals surface area contributed by atoms with Crippen LogP contribution in [0.15, 0.2) is 36.7 Å². The molecule has 0 aliphatic carbocycles. The molecular weight excluding hydrogens is 236 g/mol. The van der Waals surface area contributed by atoms with Gasteiger partial charge in [-0.3, -0.25) is 4.79 Å². The summed E-state index contributed by atoms with van der Waals surface area (Å²) < 4.78 is 1.86. The van der Waals surface area contributed by atoms with Crippen LogP contribution in [-0.2, 0) is 0 Å². The number of benzene rings is 1. The zero-order valence-electron chi connectivity index (χ0n) is 9.72. The molecule has 1 aromatic heterocycles. The van der Waals surface area contributed by atoms with E-state index in [4.69, 9.17) is 11.6 Å². The van der Waals surface area contributed by atoms with Crippen LogP contribution in [0, 0.1) is 6.92 Å². The molecule has 0 aliphatic rings. The van der Waals surface area contributed by atoms with Crippen molar-refractivity contribution in [2.75, 3.05) is 0 Å². The third-order valence-corrected chi connectivity index (χ3v) is 3.04. The lowest BCUT2D eigenvalue weighted by Gasteiger charge is -2.13. The summed E-state index contributed by atoms with van der Waals surface area (Å²) in [5, 5.41) is 0.632. The minimum Gasteiger partial charge on any atom is -0.325 e. The molecule has 0 spiro atoms. The van der Waals surface area contributed by atoms with E-state index in [0.717, 1.165) is 5.82 Å². The van der Waals surface area contributed by atoms with E-state index in [1.807, 2.05) is 24.6 Å². The van der Waals surface area contributed by atoms with Gasteiger partial charge in [-0.1, -0.05) is 11.6 Å². The fourth-order valence-corrected chi connectivity index (χ4v) is 1.90. The average Bonchev–Trinajstić information content (AvgIpc) is 2.74. The fourth-order valence-electron chi connectivity index (χ4n) is 1.78. The molecule has 0 aliphatic heterocycles. The van der Waals surface area contributed by atoms with Gasteiger partial charge in [0.1, 0.15) is 5.82 Å². The molecule has 0 saturated heterocycles. The van der Waals surface area contributed by atoms with Gasteiger partial charge in [-0.25, -0.2) is 4.98 Å². The molecule has 0 amide bonds. The van der Waals surface area contributed by atoms with Gasteiger partial charge in [-0.15, -0.1) is 0 Å². The number of carbonyl (C=O) groups excluding carboxylic acids is 1. The van der Waals surface area contributed by atoms with Crippen molar-refractivity contribution in [3.8, 4) is 0 Å². The summed E-state index contributed by atoms with van der Waals surface area (Å²) in [6, 6.07) is 6.68. The van der Waals surface area contributed by atoms with Crippen molar-refractivity contribution in [1.82, 2.24) is 9.55 Å². The normalized spacial score (nSPS) is 12.4. The van der Waals surface area contributed by atoms with Gasteiger partial charge in [-0.05, 0) is 38.1 Å². The maximum Gasteiger partial charge on any atom is 0.185 e. The SMILES string of the molecule is Cc1nccn1C(C)C(=O)c1ccc(Cl)cc1. The molecule has 0 radical (unpaired) electrons. The Bertz CT molecular complexity index is 531. The highest BCUT2D eigenvalue weighted by molar-refractivity contribution is 6.30. The van der Waals surface area contributed by atoms with Crippen molar-refractivity contribution >= 4 is 17.4 Å². The smallest absolute Gasteiger partial charge is 0.185 e. The Balaban J connectivity index is 2.26. The van der Waals surface area contributed by atoms with Crippen molar-refractivity contribution in [2.24, 2.45) is 0 Å². The Hall–Kier alpha value is -1.61. The van der Waals surface area contributed by atoms with Crippen LogP contribution in [0.1, 0.15) is 29.1 Å². The van der Waals surface area contributed by atoms with E-state index < -0.39 is 0 Å². The third-order valence-electron chi connectivity index (χ3n) is 2.79. The lowest BCUT2D eigenvalue weighted by Crippen LogP contribution is -2.17. The number of aromatic nitrogens is 2. The van der Waals surface area contributed by atoms with Crippen LogP contribution in [0.2, 0.25) is 5.02 Å². The molecule has 1 atom stereocenters. The van der Waals surface area contributed by atoms with Gasteiger partial charge < -0.3 is 4.57 Å². The second kappa shape index (κ2) is 4.72. The molecule has 1 aromatic carbocycles. The summed E-state index contributed by atoms with van der Waals surface area (Å²) >= 11 is 5.79. The van der Waals surface area contributed by atoms with Crippen molar-refractivity contribution in [3.05, 3.63) is 53.1 Å². The van der Waals surface area contributed by atoms with Crippen LogP contribution in [0.4, 0.5) is 0 Å². The molecule has 0 N–H and O–H groups in total. The summed E-state index contributed by atoms with van der Waals surface area (Å²) in [6.07, 6.45) is 3.51. The standard InChI is InChI=1S/C13H13ClN2O/c1-9(16-8-7-15-10(16)2)13(17)11-3-5-12(14)6-4-11/h3-9H,1-2H3. The average molecular weight is 249 g/mol. The molecule has 2 aromatic rings. The molecule has 88 valence electrons. The van der Waals surface area contributed by atoms with E-state index in [2.05, 4.69) is 4.98 Å². The van der Waals surface area contributed by atoms with Gasteiger partial charge in [0.2, 0.25) is 0 Å². The van der Waals surface area contributed by atoms with Crippen molar-refractivity contribution in [1.29, 1.82) is 0 Å². The summed E-state index contributed by atoms with van der Waals surface area (Å²) in [5.74, 6) is 0.891. The first-order valence-corrected chi connectivity index (χ1v) is 5.76. The molecule has 0 saturated carbocycles.